The van der Waals surface area contributed by atoms with Crippen LogP contribution in [0.5, 0.6) is 0 Å². The standard InChI is InChI=1S/C23H23N3O3S/c1-17(2)19-9-6-18(7-10-19)8-15-23(27)25-20-11-13-21(14-12-20)30(28,29)26-22-5-3-4-16-24-22/h3-17H,1-2H3,(H,24,26)(H,25,27). The van der Waals surface area contributed by atoms with Gasteiger partial charge < -0.3 is 5.32 Å². The summed E-state index contributed by atoms with van der Waals surface area (Å²) in [6.07, 6.45) is 4.68. The SMILES string of the molecule is CC(C)c1ccc(C=CC(=O)Nc2ccc(S(=O)(=O)Nc3ccccn3)cc2)cc1. The second kappa shape index (κ2) is 9.37. The first-order valence-corrected chi connectivity index (χ1v) is 10.9. The van der Waals surface area contributed by atoms with E-state index in [9.17, 15) is 13.2 Å². The molecule has 0 radical (unpaired) electrons. The third-order valence-electron chi connectivity index (χ3n) is 4.37. The molecule has 154 valence electrons. The molecule has 0 fully saturated rings. The quantitative estimate of drug-likeness (QED) is 0.543. The van der Waals surface area contributed by atoms with Crippen molar-refractivity contribution in [1.29, 1.82) is 0 Å². The van der Waals surface area contributed by atoms with E-state index in [-0.39, 0.29) is 16.6 Å². The number of amides is 1. The maximum atomic E-state index is 12.4. The molecule has 2 aromatic carbocycles. The number of anilines is 2. The maximum Gasteiger partial charge on any atom is 0.263 e. The Morgan fingerprint density at radius 1 is 0.967 bits per heavy atom. The van der Waals surface area contributed by atoms with E-state index in [1.807, 2.05) is 24.3 Å². The minimum atomic E-state index is -3.75. The van der Waals surface area contributed by atoms with Gasteiger partial charge in [0.05, 0.1) is 4.90 Å². The summed E-state index contributed by atoms with van der Waals surface area (Å²) >= 11 is 0. The fourth-order valence-electron chi connectivity index (χ4n) is 2.69. The van der Waals surface area contributed by atoms with Gasteiger partial charge in [-0.25, -0.2) is 13.4 Å². The minimum absolute atomic E-state index is 0.0759. The molecule has 0 unspecified atom stereocenters. The van der Waals surface area contributed by atoms with Gasteiger partial charge in [0, 0.05) is 18.0 Å². The van der Waals surface area contributed by atoms with E-state index in [1.54, 1.807) is 24.3 Å². The predicted molar refractivity (Wildman–Crippen MR) is 120 cm³/mol. The molecule has 0 saturated carbocycles. The van der Waals surface area contributed by atoms with Crippen LogP contribution in [0, 0.1) is 0 Å². The zero-order chi connectivity index (χ0) is 21.6. The molecule has 0 bridgehead atoms. The number of aromatic nitrogens is 1. The maximum absolute atomic E-state index is 12.4. The van der Waals surface area contributed by atoms with Crippen LogP contribution in [0.25, 0.3) is 6.08 Å². The van der Waals surface area contributed by atoms with E-state index in [2.05, 4.69) is 28.9 Å². The Bertz CT molecular complexity index is 1120. The van der Waals surface area contributed by atoms with Gasteiger partial charge in [0.2, 0.25) is 5.91 Å². The van der Waals surface area contributed by atoms with Crippen molar-refractivity contribution in [1.82, 2.24) is 4.98 Å². The van der Waals surface area contributed by atoms with Crippen LogP contribution in [0.15, 0.2) is 83.9 Å². The first-order chi connectivity index (χ1) is 14.3. The Balaban J connectivity index is 1.61. The summed E-state index contributed by atoms with van der Waals surface area (Å²) in [7, 11) is -3.75. The second-order valence-corrected chi connectivity index (χ2v) is 8.67. The summed E-state index contributed by atoms with van der Waals surface area (Å²) in [6, 6.07) is 18.9. The summed E-state index contributed by atoms with van der Waals surface area (Å²) in [6.45, 7) is 4.26. The van der Waals surface area contributed by atoms with Gasteiger partial charge in [-0.2, -0.15) is 0 Å². The third kappa shape index (κ3) is 5.78. The summed E-state index contributed by atoms with van der Waals surface area (Å²) in [5.41, 5.74) is 2.66. The molecule has 0 aliphatic carbocycles. The number of hydrogen-bond acceptors (Lipinski definition) is 4. The van der Waals surface area contributed by atoms with E-state index < -0.39 is 10.0 Å². The van der Waals surface area contributed by atoms with Crippen molar-refractivity contribution in [3.05, 3.63) is 90.1 Å². The topological polar surface area (TPSA) is 88.2 Å². The van der Waals surface area contributed by atoms with Crippen molar-refractivity contribution in [3.63, 3.8) is 0 Å². The normalized spacial score (nSPS) is 11.6. The molecular weight excluding hydrogens is 398 g/mol. The van der Waals surface area contributed by atoms with Crippen molar-refractivity contribution in [3.8, 4) is 0 Å². The molecule has 3 aromatic rings. The lowest BCUT2D eigenvalue weighted by Crippen LogP contribution is -2.14. The summed E-state index contributed by atoms with van der Waals surface area (Å²) in [5, 5.41) is 2.72. The first kappa shape index (κ1) is 21.3. The van der Waals surface area contributed by atoms with Crippen molar-refractivity contribution >= 4 is 33.5 Å². The summed E-state index contributed by atoms with van der Waals surface area (Å²) < 4.78 is 27.2. The largest absolute Gasteiger partial charge is 0.323 e. The Kier molecular flexibility index (Phi) is 6.64. The molecule has 0 aliphatic heterocycles. The Morgan fingerprint density at radius 2 is 1.67 bits per heavy atom. The molecule has 0 aliphatic rings. The van der Waals surface area contributed by atoms with E-state index in [0.717, 1.165) is 5.56 Å². The number of carbonyl (C=O) groups excluding carboxylic acids is 1. The van der Waals surface area contributed by atoms with Crippen molar-refractivity contribution in [2.24, 2.45) is 0 Å². The van der Waals surface area contributed by atoms with E-state index in [1.165, 1.54) is 42.1 Å². The predicted octanol–water partition coefficient (Wildman–Crippen LogP) is 4.66. The molecule has 1 heterocycles. The lowest BCUT2D eigenvalue weighted by molar-refractivity contribution is -0.111. The van der Waals surface area contributed by atoms with Gasteiger partial charge in [0.1, 0.15) is 5.82 Å². The van der Waals surface area contributed by atoms with Crippen LogP contribution < -0.4 is 10.0 Å². The van der Waals surface area contributed by atoms with Crippen LogP contribution in [-0.2, 0) is 14.8 Å². The monoisotopic (exact) mass is 421 g/mol. The zero-order valence-corrected chi connectivity index (χ0v) is 17.6. The van der Waals surface area contributed by atoms with Gasteiger partial charge >= 0.3 is 0 Å². The molecule has 0 spiro atoms. The molecule has 7 heteroatoms. The first-order valence-electron chi connectivity index (χ1n) is 9.46. The van der Waals surface area contributed by atoms with Gasteiger partial charge in [-0.3, -0.25) is 9.52 Å². The highest BCUT2D eigenvalue weighted by Gasteiger charge is 2.14. The fraction of sp³-hybridized carbons (Fsp3) is 0.130. The molecule has 2 N–H and O–H groups in total. The number of pyridine rings is 1. The van der Waals surface area contributed by atoms with Gasteiger partial charge in [0.25, 0.3) is 10.0 Å². The van der Waals surface area contributed by atoms with Crippen molar-refractivity contribution < 1.29 is 13.2 Å². The Hall–Kier alpha value is -3.45. The van der Waals surface area contributed by atoms with Gasteiger partial charge in [-0.15, -0.1) is 0 Å². The highest BCUT2D eigenvalue weighted by molar-refractivity contribution is 7.92. The van der Waals surface area contributed by atoms with E-state index >= 15 is 0 Å². The van der Waals surface area contributed by atoms with Crippen LogP contribution in [0.2, 0.25) is 0 Å². The van der Waals surface area contributed by atoms with E-state index in [0.29, 0.717) is 11.6 Å². The minimum Gasteiger partial charge on any atom is -0.323 e. The smallest absolute Gasteiger partial charge is 0.263 e. The number of carbonyl (C=O) groups is 1. The number of benzene rings is 2. The average Bonchev–Trinajstić information content (AvgIpc) is 2.73. The number of sulfonamides is 1. The van der Waals surface area contributed by atoms with Crippen LogP contribution in [-0.4, -0.2) is 19.3 Å². The van der Waals surface area contributed by atoms with Gasteiger partial charge in [-0.1, -0.05) is 44.2 Å². The zero-order valence-electron chi connectivity index (χ0n) is 16.7. The van der Waals surface area contributed by atoms with Crippen LogP contribution >= 0.6 is 0 Å². The molecule has 1 amide bonds. The summed E-state index contributed by atoms with van der Waals surface area (Å²) in [5.74, 6) is 0.392. The Morgan fingerprint density at radius 3 is 2.27 bits per heavy atom. The van der Waals surface area contributed by atoms with Crippen LogP contribution in [0.4, 0.5) is 11.5 Å². The number of nitrogens with zero attached hydrogens (tertiary/aromatic N) is 1. The molecule has 0 saturated heterocycles. The highest BCUT2D eigenvalue weighted by Crippen LogP contribution is 2.18. The molecule has 30 heavy (non-hydrogen) atoms. The van der Waals surface area contributed by atoms with Crippen LogP contribution in [0.3, 0.4) is 0 Å². The summed E-state index contributed by atoms with van der Waals surface area (Å²) in [4.78, 5) is 16.2. The van der Waals surface area contributed by atoms with Crippen LogP contribution in [0.1, 0.15) is 30.9 Å². The average molecular weight is 422 g/mol. The van der Waals surface area contributed by atoms with E-state index in [4.69, 9.17) is 0 Å². The molecular formula is C23H23N3O3S. The number of nitrogens with one attached hydrogen (secondary N) is 2. The highest BCUT2D eigenvalue weighted by atomic mass is 32.2. The third-order valence-corrected chi connectivity index (χ3v) is 5.74. The fourth-order valence-corrected chi connectivity index (χ4v) is 3.69. The van der Waals surface area contributed by atoms with Gasteiger partial charge in [0.15, 0.2) is 0 Å². The molecule has 0 atom stereocenters. The Labute approximate surface area is 176 Å². The van der Waals surface area contributed by atoms with Crippen molar-refractivity contribution in [2.45, 2.75) is 24.7 Å². The second-order valence-electron chi connectivity index (χ2n) is 6.99. The molecule has 1 aromatic heterocycles. The molecule has 3 rings (SSSR count). The van der Waals surface area contributed by atoms with Crippen molar-refractivity contribution in [2.75, 3.05) is 10.0 Å². The number of hydrogen-bond donors (Lipinski definition) is 2. The molecule has 6 nitrogen and oxygen atoms in total. The van der Waals surface area contributed by atoms with Gasteiger partial charge in [-0.05, 0) is 59.5 Å². The lowest BCUT2D eigenvalue weighted by Gasteiger charge is -2.08. The number of rotatable bonds is 7. The lowest BCUT2D eigenvalue weighted by atomic mass is 10.0.